The number of nitrogens with zero attached hydrogens (tertiary/aromatic N) is 3. The lowest BCUT2D eigenvalue weighted by molar-refractivity contribution is 0.668. The van der Waals surface area contributed by atoms with E-state index in [-0.39, 0.29) is 0 Å². The molecule has 4 heterocycles. The van der Waals surface area contributed by atoms with Crippen molar-refractivity contribution in [2.75, 3.05) is 0 Å². The quantitative estimate of drug-likeness (QED) is 0.188. The molecule has 0 aliphatic heterocycles. The highest BCUT2D eigenvalue weighted by atomic mass is 16.3. The lowest BCUT2D eigenvalue weighted by atomic mass is 10.0. The number of para-hydroxylation sites is 4. The second-order valence-electron chi connectivity index (χ2n) is 12.8. The average molecular weight is 656 g/mol. The molecular formula is C45H25N3O3. The van der Waals surface area contributed by atoms with Crippen molar-refractivity contribution in [2.24, 2.45) is 0 Å². The number of hydrogen-bond donors (Lipinski definition) is 0. The first-order chi connectivity index (χ1) is 25.2. The van der Waals surface area contributed by atoms with Gasteiger partial charge in [-0.2, -0.15) is 0 Å². The minimum atomic E-state index is 0.522. The summed E-state index contributed by atoms with van der Waals surface area (Å²) in [6.45, 7) is 0. The molecule has 0 bridgehead atoms. The van der Waals surface area contributed by atoms with E-state index in [0.29, 0.717) is 17.5 Å². The number of fused-ring (bicyclic) bond motifs is 9. The first-order valence-electron chi connectivity index (χ1n) is 16.8. The smallest absolute Gasteiger partial charge is 0.167 e. The fourth-order valence-electron chi connectivity index (χ4n) is 7.32. The van der Waals surface area contributed by atoms with Crippen LogP contribution >= 0.6 is 0 Å². The van der Waals surface area contributed by atoms with Crippen LogP contribution < -0.4 is 0 Å². The maximum Gasteiger partial charge on any atom is 0.167 e. The summed E-state index contributed by atoms with van der Waals surface area (Å²) < 4.78 is 19.2. The largest absolute Gasteiger partial charge is 0.456 e. The van der Waals surface area contributed by atoms with Crippen LogP contribution in [0.1, 0.15) is 0 Å². The Labute approximate surface area is 290 Å². The fourth-order valence-corrected chi connectivity index (χ4v) is 7.32. The van der Waals surface area contributed by atoms with Crippen LogP contribution in [-0.4, -0.2) is 15.0 Å². The van der Waals surface area contributed by atoms with Crippen LogP contribution in [-0.2, 0) is 0 Å². The zero-order valence-electron chi connectivity index (χ0n) is 27.0. The van der Waals surface area contributed by atoms with E-state index in [9.17, 15) is 0 Å². The summed E-state index contributed by atoms with van der Waals surface area (Å²) in [5.74, 6) is 1.62. The molecule has 0 aliphatic carbocycles. The molecule has 11 aromatic rings. The van der Waals surface area contributed by atoms with Crippen LogP contribution in [0, 0.1) is 0 Å². The Kier molecular flexibility index (Phi) is 5.86. The molecule has 7 aromatic carbocycles. The second-order valence-corrected chi connectivity index (χ2v) is 12.8. The van der Waals surface area contributed by atoms with Crippen molar-refractivity contribution >= 4 is 65.8 Å². The molecule has 0 amide bonds. The number of rotatable bonds is 4. The molecule has 0 fully saturated rings. The van der Waals surface area contributed by atoms with Crippen molar-refractivity contribution in [3.63, 3.8) is 0 Å². The van der Waals surface area contributed by atoms with Crippen molar-refractivity contribution in [1.82, 2.24) is 15.0 Å². The average Bonchev–Trinajstić information content (AvgIpc) is 3.88. The standard InChI is InChI=1S/C45H25N3O3/c1-2-10-26(11-3-1)43-46-44(34-16-8-14-32-29-12-4-7-19-38(29)50-41(32)34)48-45(47-43)35-17-9-15-33-31-22-20-28(25-40(31)51-42(33)35)27-21-23-39-36(24-27)30-13-5-6-18-37(30)49-39/h1-25H. The molecule has 0 saturated heterocycles. The summed E-state index contributed by atoms with van der Waals surface area (Å²) in [6.07, 6.45) is 0. The van der Waals surface area contributed by atoms with Gasteiger partial charge in [0.1, 0.15) is 33.5 Å². The normalized spacial score (nSPS) is 11.9. The third kappa shape index (κ3) is 4.33. The van der Waals surface area contributed by atoms with Crippen molar-refractivity contribution < 1.29 is 13.3 Å². The molecule has 4 aromatic heterocycles. The minimum Gasteiger partial charge on any atom is -0.456 e. The van der Waals surface area contributed by atoms with Gasteiger partial charge < -0.3 is 13.3 Å². The maximum atomic E-state index is 6.71. The number of benzene rings is 7. The van der Waals surface area contributed by atoms with Crippen LogP contribution in [0.15, 0.2) is 165 Å². The summed E-state index contributed by atoms with van der Waals surface area (Å²) in [6, 6.07) is 51.1. The van der Waals surface area contributed by atoms with Gasteiger partial charge in [0.05, 0.1) is 11.1 Å². The molecule has 11 rings (SSSR count). The molecule has 6 nitrogen and oxygen atoms in total. The molecule has 0 atom stereocenters. The highest BCUT2D eigenvalue weighted by molar-refractivity contribution is 6.11. The van der Waals surface area contributed by atoms with Crippen molar-refractivity contribution in [3.8, 4) is 45.3 Å². The van der Waals surface area contributed by atoms with Gasteiger partial charge in [0, 0.05) is 37.9 Å². The van der Waals surface area contributed by atoms with Crippen LogP contribution in [0.2, 0.25) is 0 Å². The van der Waals surface area contributed by atoms with Gasteiger partial charge in [0.15, 0.2) is 17.5 Å². The highest BCUT2D eigenvalue weighted by Crippen LogP contribution is 2.40. The Hall–Kier alpha value is -7.05. The Morgan fingerprint density at radius 1 is 0.294 bits per heavy atom. The van der Waals surface area contributed by atoms with Gasteiger partial charge in [0.25, 0.3) is 0 Å². The Bertz CT molecular complexity index is 3150. The van der Waals surface area contributed by atoms with E-state index in [1.54, 1.807) is 0 Å². The molecule has 0 N–H and O–H groups in total. The molecule has 238 valence electrons. The summed E-state index contributed by atoms with van der Waals surface area (Å²) in [7, 11) is 0. The van der Waals surface area contributed by atoms with E-state index in [1.807, 2.05) is 97.1 Å². The number of aromatic nitrogens is 3. The molecule has 0 unspecified atom stereocenters. The first-order valence-corrected chi connectivity index (χ1v) is 16.8. The van der Waals surface area contributed by atoms with Gasteiger partial charge in [-0.25, -0.2) is 15.0 Å². The maximum absolute atomic E-state index is 6.71. The summed E-state index contributed by atoms with van der Waals surface area (Å²) >= 11 is 0. The third-order valence-electron chi connectivity index (χ3n) is 9.76. The molecule has 6 heteroatoms. The molecule has 0 spiro atoms. The van der Waals surface area contributed by atoms with Crippen LogP contribution in [0.3, 0.4) is 0 Å². The van der Waals surface area contributed by atoms with Gasteiger partial charge >= 0.3 is 0 Å². The number of hydrogen-bond acceptors (Lipinski definition) is 6. The minimum absolute atomic E-state index is 0.522. The fraction of sp³-hybridized carbons (Fsp3) is 0. The monoisotopic (exact) mass is 655 g/mol. The van der Waals surface area contributed by atoms with E-state index < -0.39 is 0 Å². The van der Waals surface area contributed by atoms with Crippen LogP contribution in [0.5, 0.6) is 0 Å². The van der Waals surface area contributed by atoms with Crippen molar-refractivity contribution in [3.05, 3.63) is 152 Å². The van der Waals surface area contributed by atoms with Gasteiger partial charge in [-0.1, -0.05) is 103 Å². The predicted molar refractivity (Wildman–Crippen MR) is 203 cm³/mol. The van der Waals surface area contributed by atoms with E-state index in [1.165, 1.54) is 0 Å². The third-order valence-corrected chi connectivity index (χ3v) is 9.76. The van der Waals surface area contributed by atoms with E-state index in [2.05, 4.69) is 54.6 Å². The molecule has 0 saturated carbocycles. The molecular weight excluding hydrogens is 631 g/mol. The number of furan rings is 3. The van der Waals surface area contributed by atoms with Gasteiger partial charge in [0.2, 0.25) is 0 Å². The van der Waals surface area contributed by atoms with E-state index in [0.717, 1.165) is 93.6 Å². The van der Waals surface area contributed by atoms with E-state index in [4.69, 9.17) is 28.2 Å². The SMILES string of the molecule is c1ccc(-c2nc(-c3cccc4c3oc3ccccc34)nc(-c3cccc4c3oc3cc(-c5ccc6oc7ccccc7c6c5)ccc34)n2)cc1. The van der Waals surface area contributed by atoms with Crippen molar-refractivity contribution in [2.45, 2.75) is 0 Å². The lowest BCUT2D eigenvalue weighted by Gasteiger charge is -2.09. The van der Waals surface area contributed by atoms with Gasteiger partial charge in [-0.3, -0.25) is 0 Å². The summed E-state index contributed by atoms with van der Waals surface area (Å²) in [5, 5.41) is 6.28. The molecule has 0 aliphatic rings. The van der Waals surface area contributed by atoms with Crippen LogP contribution in [0.25, 0.3) is 111 Å². The Balaban J connectivity index is 1.09. The Morgan fingerprint density at radius 3 is 1.53 bits per heavy atom. The summed E-state index contributed by atoms with van der Waals surface area (Å²) in [4.78, 5) is 15.1. The zero-order valence-corrected chi connectivity index (χ0v) is 27.0. The van der Waals surface area contributed by atoms with E-state index >= 15 is 0 Å². The summed E-state index contributed by atoms with van der Waals surface area (Å²) in [5.41, 5.74) is 9.46. The highest BCUT2D eigenvalue weighted by Gasteiger charge is 2.20. The molecule has 0 radical (unpaired) electrons. The first kappa shape index (κ1) is 27.9. The topological polar surface area (TPSA) is 78.1 Å². The second kappa shape index (κ2) is 10.7. The van der Waals surface area contributed by atoms with Gasteiger partial charge in [-0.05, 0) is 59.7 Å². The van der Waals surface area contributed by atoms with Gasteiger partial charge in [-0.15, -0.1) is 0 Å². The molecule has 51 heavy (non-hydrogen) atoms. The van der Waals surface area contributed by atoms with Crippen molar-refractivity contribution in [1.29, 1.82) is 0 Å². The zero-order chi connectivity index (χ0) is 33.5. The Morgan fingerprint density at radius 2 is 0.804 bits per heavy atom. The lowest BCUT2D eigenvalue weighted by Crippen LogP contribution is -2.00. The predicted octanol–water partition coefficient (Wildman–Crippen LogP) is 12.2. The van der Waals surface area contributed by atoms with Crippen LogP contribution in [0.4, 0.5) is 0 Å².